The molecule has 0 bridgehead atoms. The first-order valence-corrected chi connectivity index (χ1v) is 10.9. The maximum Gasteiger partial charge on any atom is 0.511 e. The Balaban J connectivity index is 0.00000300. The zero-order chi connectivity index (χ0) is 20.4. The number of aliphatic imine (C=N–C) groups is 1. The minimum atomic E-state index is -5.25. The van der Waals surface area contributed by atoms with E-state index in [0.717, 1.165) is 24.9 Å². The molecule has 0 amide bonds. The van der Waals surface area contributed by atoms with Crippen LogP contribution in [0, 0.1) is 5.92 Å². The van der Waals surface area contributed by atoms with Crippen molar-refractivity contribution in [2.75, 3.05) is 25.0 Å². The molecule has 0 saturated carbocycles. The van der Waals surface area contributed by atoms with Gasteiger partial charge in [0, 0.05) is 25.3 Å². The number of fused-ring (bicyclic) bond motifs is 1. The number of piperidine rings is 1. The lowest BCUT2D eigenvalue weighted by molar-refractivity contribution is -0.0496. The first-order chi connectivity index (χ1) is 13.2. The van der Waals surface area contributed by atoms with Crippen LogP contribution in [0.5, 0.6) is 0 Å². The van der Waals surface area contributed by atoms with Crippen molar-refractivity contribution < 1.29 is 21.6 Å². The summed E-state index contributed by atoms with van der Waals surface area (Å²) in [7, 11) is -5.24. The lowest BCUT2D eigenvalue weighted by Gasteiger charge is -2.30. The molecule has 1 saturated heterocycles. The van der Waals surface area contributed by atoms with Gasteiger partial charge in [-0.1, -0.05) is 12.1 Å². The third-order valence-corrected chi connectivity index (χ3v) is 7.01. The van der Waals surface area contributed by atoms with E-state index < -0.39 is 15.5 Å². The van der Waals surface area contributed by atoms with Gasteiger partial charge in [-0.3, -0.25) is 4.99 Å². The highest BCUT2D eigenvalue weighted by Crippen LogP contribution is 2.30. The van der Waals surface area contributed by atoms with Gasteiger partial charge in [0.15, 0.2) is 5.96 Å². The summed E-state index contributed by atoms with van der Waals surface area (Å²) in [5.41, 5.74) is 4.28. The Morgan fingerprint density at radius 1 is 1.21 bits per heavy atom. The molecule has 0 aromatic heterocycles. The van der Waals surface area contributed by atoms with Crippen molar-refractivity contribution in [3.8, 4) is 0 Å². The normalized spacial score (nSPS) is 19.3. The lowest BCUT2D eigenvalue weighted by atomic mass is 9.90. The minimum absolute atomic E-state index is 0. The summed E-state index contributed by atoms with van der Waals surface area (Å²) in [5, 5.41) is 3.14. The molecule has 6 nitrogen and oxygen atoms in total. The first kappa shape index (κ1) is 24.2. The quantitative estimate of drug-likeness (QED) is 0.344. The molecule has 1 aliphatic carbocycles. The standard InChI is InChI=1S/C18H25F3N4O2S.HI/c19-18(20,21)28(26,27)25-10-8-13(9-11-25)12-23-17(22)24-16-7-3-5-14-4-1-2-6-15(14)16;/h3,5,7,13H,1-2,4,6,8-12H2,(H3,22,23,24);1H. The molecule has 1 aromatic rings. The van der Waals surface area contributed by atoms with E-state index in [4.69, 9.17) is 5.73 Å². The Kier molecular flexibility index (Phi) is 8.19. The predicted molar refractivity (Wildman–Crippen MR) is 118 cm³/mol. The summed E-state index contributed by atoms with van der Waals surface area (Å²) < 4.78 is 61.3. The van der Waals surface area contributed by atoms with Crippen molar-refractivity contribution in [3.05, 3.63) is 29.3 Å². The highest BCUT2D eigenvalue weighted by molar-refractivity contribution is 14.0. The number of alkyl halides is 3. The van der Waals surface area contributed by atoms with Crippen molar-refractivity contribution in [2.45, 2.75) is 44.0 Å². The average Bonchev–Trinajstić information content (AvgIpc) is 2.66. The smallest absolute Gasteiger partial charge is 0.370 e. The molecule has 0 unspecified atom stereocenters. The van der Waals surface area contributed by atoms with Crippen LogP contribution < -0.4 is 11.1 Å². The van der Waals surface area contributed by atoms with Gasteiger partial charge in [-0.05, 0) is 61.6 Å². The van der Waals surface area contributed by atoms with Gasteiger partial charge >= 0.3 is 15.5 Å². The summed E-state index contributed by atoms with van der Waals surface area (Å²) in [6.45, 7) is 0.0525. The van der Waals surface area contributed by atoms with Gasteiger partial charge in [0.05, 0.1) is 0 Å². The molecule has 3 N–H and O–H groups in total. The zero-order valence-electron chi connectivity index (χ0n) is 15.9. The molecule has 2 aliphatic rings. The van der Waals surface area contributed by atoms with E-state index in [1.54, 1.807) is 0 Å². The van der Waals surface area contributed by atoms with E-state index in [-0.39, 0.29) is 48.9 Å². The average molecular weight is 546 g/mol. The molecule has 1 fully saturated rings. The number of hydrogen-bond donors (Lipinski definition) is 2. The Morgan fingerprint density at radius 3 is 2.52 bits per heavy atom. The molecule has 1 aliphatic heterocycles. The Labute approximate surface area is 186 Å². The van der Waals surface area contributed by atoms with Crippen LogP contribution in [0.25, 0.3) is 0 Å². The van der Waals surface area contributed by atoms with Crippen molar-refractivity contribution in [1.29, 1.82) is 0 Å². The molecule has 0 atom stereocenters. The second kappa shape index (κ2) is 9.82. The highest BCUT2D eigenvalue weighted by atomic mass is 127. The number of nitrogens with one attached hydrogen (secondary N) is 1. The number of rotatable bonds is 4. The van der Waals surface area contributed by atoms with E-state index in [0.29, 0.717) is 23.7 Å². The highest BCUT2D eigenvalue weighted by Gasteiger charge is 2.50. The van der Waals surface area contributed by atoms with Crippen molar-refractivity contribution >= 4 is 45.6 Å². The lowest BCUT2D eigenvalue weighted by Crippen LogP contribution is -2.45. The second-order valence-corrected chi connectivity index (χ2v) is 9.22. The van der Waals surface area contributed by atoms with Gasteiger partial charge in [0.25, 0.3) is 0 Å². The summed E-state index contributed by atoms with van der Waals surface area (Å²) in [6.07, 6.45) is 5.03. The summed E-state index contributed by atoms with van der Waals surface area (Å²) in [5.74, 6) is 0.272. The molecule has 29 heavy (non-hydrogen) atoms. The fourth-order valence-electron chi connectivity index (χ4n) is 3.78. The predicted octanol–water partition coefficient (Wildman–Crippen LogP) is 3.47. The molecule has 11 heteroatoms. The monoisotopic (exact) mass is 546 g/mol. The third-order valence-electron chi connectivity index (χ3n) is 5.38. The van der Waals surface area contributed by atoms with Gasteiger partial charge in [-0.2, -0.15) is 17.5 Å². The van der Waals surface area contributed by atoms with Crippen molar-refractivity contribution in [1.82, 2.24) is 4.31 Å². The minimum Gasteiger partial charge on any atom is -0.370 e. The van der Waals surface area contributed by atoms with E-state index >= 15 is 0 Å². The third kappa shape index (κ3) is 5.75. The number of hydrogen-bond acceptors (Lipinski definition) is 3. The molecule has 3 rings (SSSR count). The van der Waals surface area contributed by atoms with Crippen LogP contribution in [0.15, 0.2) is 23.2 Å². The van der Waals surface area contributed by atoms with Crippen molar-refractivity contribution in [3.63, 3.8) is 0 Å². The SMILES string of the molecule is I.NC(=NCC1CCN(S(=O)(=O)C(F)(F)F)CC1)Nc1cccc2c1CCCC2. The maximum atomic E-state index is 12.6. The number of guanidine groups is 1. The fraction of sp³-hybridized carbons (Fsp3) is 0.611. The van der Waals surface area contributed by atoms with Crippen LogP contribution >= 0.6 is 24.0 Å². The van der Waals surface area contributed by atoms with E-state index in [2.05, 4.69) is 16.4 Å². The molecule has 0 radical (unpaired) electrons. The number of halogens is 4. The fourth-order valence-corrected chi connectivity index (χ4v) is 4.77. The zero-order valence-corrected chi connectivity index (χ0v) is 19.1. The molecule has 0 spiro atoms. The van der Waals surface area contributed by atoms with Gasteiger partial charge in [0.1, 0.15) is 0 Å². The number of nitrogens with zero attached hydrogens (tertiary/aromatic N) is 2. The second-order valence-electron chi connectivity index (χ2n) is 7.29. The maximum absolute atomic E-state index is 12.6. The van der Waals surface area contributed by atoms with Crippen molar-refractivity contribution in [2.24, 2.45) is 16.6 Å². The van der Waals surface area contributed by atoms with E-state index in [1.807, 2.05) is 12.1 Å². The number of aryl methyl sites for hydroxylation is 1. The van der Waals surface area contributed by atoms with Gasteiger partial charge < -0.3 is 11.1 Å². The molecule has 164 valence electrons. The Hall–Kier alpha value is -1.08. The van der Waals surface area contributed by atoms with Crippen LogP contribution in [0.1, 0.15) is 36.8 Å². The number of sulfonamides is 1. The summed E-state index contributed by atoms with van der Waals surface area (Å²) in [4.78, 5) is 4.32. The number of benzene rings is 1. The van der Waals surface area contributed by atoms with Crippen LogP contribution in [-0.4, -0.2) is 43.8 Å². The van der Waals surface area contributed by atoms with Gasteiger partial charge in [-0.15, -0.1) is 24.0 Å². The molecule has 1 heterocycles. The van der Waals surface area contributed by atoms with E-state index in [1.165, 1.54) is 17.5 Å². The Bertz CT molecular complexity index is 838. The topological polar surface area (TPSA) is 87.8 Å². The van der Waals surface area contributed by atoms with Crippen LogP contribution in [0.3, 0.4) is 0 Å². The Morgan fingerprint density at radius 2 is 1.86 bits per heavy atom. The summed E-state index contributed by atoms with van der Waals surface area (Å²) >= 11 is 0. The van der Waals surface area contributed by atoms with Crippen LogP contribution in [0.4, 0.5) is 18.9 Å². The largest absolute Gasteiger partial charge is 0.511 e. The first-order valence-electron chi connectivity index (χ1n) is 9.42. The number of nitrogens with two attached hydrogens (primary N) is 1. The van der Waals surface area contributed by atoms with Gasteiger partial charge in [-0.25, -0.2) is 8.42 Å². The van der Waals surface area contributed by atoms with Crippen LogP contribution in [-0.2, 0) is 22.9 Å². The van der Waals surface area contributed by atoms with Gasteiger partial charge in [0.2, 0.25) is 0 Å². The van der Waals surface area contributed by atoms with Crippen LogP contribution in [0.2, 0.25) is 0 Å². The molecular formula is C18H26F3IN4O2S. The molecular weight excluding hydrogens is 520 g/mol. The number of anilines is 1. The summed E-state index contributed by atoms with van der Waals surface area (Å²) in [6, 6.07) is 6.07. The molecule has 1 aromatic carbocycles. The van der Waals surface area contributed by atoms with E-state index in [9.17, 15) is 21.6 Å².